The normalized spacial score (nSPS) is 11.2. The number of amides is 2. The molecule has 0 saturated heterocycles. The van der Waals surface area contributed by atoms with Gasteiger partial charge in [-0.3, -0.25) is 20.4 Å². The number of hydrogen-bond donors (Lipinski definition) is 2. The summed E-state index contributed by atoms with van der Waals surface area (Å²) in [5, 5.41) is 0. The zero-order chi connectivity index (χ0) is 17.2. The molecule has 2 N–H and O–H groups in total. The van der Waals surface area contributed by atoms with Gasteiger partial charge >= 0.3 is 6.18 Å². The molecule has 0 atom stereocenters. The third-order valence-corrected chi connectivity index (χ3v) is 3.05. The van der Waals surface area contributed by atoms with E-state index in [1.165, 1.54) is 6.07 Å². The Morgan fingerprint density at radius 1 is 1.00 bits per heavy atom. The fraction of sp³-hybridized carbons (Fsp3) is 0.200. The van der Waals surface area contributed by atoms with Crippen molar-refractivity contribution in [3.05, 3.63) is 58.5 Å². The summed E-state index contributed by atoms with van der Waals surface area (Å²) in [5.74, 6) is -0.380. The lowest BCUT2D eigenvalue weighted by molar-refractivity contribution is -0.137. The maximum atomic E-state index is 12.4. The fourth-order valence-corrected chi connectivity index (χ4v) is 1.92. The van der Waals surface area contributed by atoms with Crippen LogP contribution in [0.25, 0.3) is 0 Å². The molecule has 5 nitrogen and oxygen atoms in total. The predicted octanol–water partition coefficient (Wildman–Crippen LogP) is 2.99. The summed E-state index contributed by atoms with van der Waals surface area (Å²) in [7, 11) is 0. The molecule has 23 heavy (non-hydrogen) atoms. The van der Waals surface area contributed by atoms with Crippen molar-refractivity contribution in [1.82, 2.24) is 10.9 Å². The topological polar surface area (TPSA) is 71.3 Å². The van der Waals surface area contributed by atoms with Gasteiger partial charge in [-0.25, -0.2) is 0 Å². The van der Waals surface area contributed by atoms with Crippen molar-refractivity contribution in [1.29, 1.82) is 0 Å². The minimum absolute atomic E-state index is 0.0154. The second kappa shape index (κ2) is 6.15. The van der Waals surface area contributed by atoms with Crippen LogP contribution in [0.3, 0.4) is 0 Å². The number of hydrazine groups is 1. The number of carbonyl (C=O) groups excluding carboxylic acids is 2. The highest BCUT2D eigenvalue weighted by Crippen LogP contribution is 2.29. The summed E-state index contributed by atoms with van der Waals surface area (Å²) in [5.41, 5.74) is 3.69. The van der Waals surface area contributed by atoms with Crippen LogP contribution in [-0.4, -0.2) is 11.8 Å². The summed E-state index contributed by atoms with van der Waals surface area (Å²) in [4.78, 5) is 23.7. The summed E-state index contributed by atoms with van der Waals surface area (Å²) in [6.07, 6.45) is -4.47. The molecule has 2 aromatic rings. The number of halogens is 3. The Labute approximate surface area is 129 Å². The Kier molecular flexibility index (Phi) is 4.44. The van der Waals surface area contributed by atoms with Crippen molar-refractivity contribution in [3.63, 3.8) is 0 Å². The Morgan fingerprint density at radius 3 is 2.04 bits per heavy atom. The molecule has 0 aliphatic rings. The molecule has 1 heterocycles. The average molecular weight is 326 g/mol. The molecule has 0 aliphatic heterocycles. The summed E-state index contributed by atoms with van der Waals surface area (Å²) in [6, 6.07) is 5.14. The average Bonchev–Trinajstić information content (AvgIpc) is 2.82. The third-order valence-electron chi connectivity index (χ3n) is 3.05. The van der Waals surface area contributed by atoms with Gasteiger partial charge < -0.3 is 4.42 Å². The van der Waals surface area contributed by atoms with E-state index in [0.717, 1.165) is 24.3 Å². The number of furan rings is 1. The van der Waals surface area contributed by atoms with Crippen LogP contribution < -0.4 is 10.9 Å². The first-order valence-corrected chi connectivity index (χ1v) is 6.53. The van der Waals surface area contributed by atoms with Gasteiger partial charge in [0.25, 0.3) is 11.8 Å². The van der Waals surface area contributed by atoms with Crippen LogP contribution in [0.1, 0.15) is 37.8 Å². The predicted molar refractivity (Wildman–Crippen MR) is 74.6 cm³/mol. The Hall–Kier alpha value is -2.77. The first-order valence-electron chi connectivity index (χ1n) is 6.53. The first-order chi connectivity index (χ1) is 10.7. The van der Waals surface area contributed by atoms with Crippen molar-refractivity contribution in [2.24, 2.45) is 0 Å². The number of aryl methyl sites for hydroxylation is 2. The van der Waals surface area contributed by atoms with Gasteiger partial charge in [0, 0.05) is 5.56 Å². The van der Waals surface area contributed by atoms with Gasteiger partial charge in [-0.05, 0) is 44.2 Å². The van der Waals surface area contributed by atoms with Gasteiger partial charge in [-0.15, -0.1) is 0 Å². The molecular weight excluding hydrogens is 313 g/mol. The minimum atomic E-state index is -4.47. The lowest BCUT2D eigenvalue weighted by Gasteiger charge is -2.09. The molecule has 0 bridgehead atoms. The molecule has 0 saturated carbocycles. The van der Waals surface area contributed by atoms with Crippen LogP contribution in [0.15, 0.2) is 34.7 Å². The van der Waals surface area contributed by atoms with E-state index in [9.17, 15) is 22.8 Å². The standard InChI is InChI=1S/C15H13F3N2O3/c1-8-7-12(9(2)23-8)14(22)20-19-13(21)10-3-5-11(6-4-10)15(16,17)18/h3-7H,1-2H3,(H,19,21)(H,20,22). The number of hydrogen-bond acceptors (Lipinski definition) is 3. The highest BCUT2D eigenvalue weighted by molar-refractivity contribution is 5.99. The van der Waals surface area contributed by atoms with Crippen LogP contribution in [0.2, 0.25) is 0 Å². The molecule has 0 spiro atoms. The Balaban J connectivity index is 2.00. The molecule has 0 fully saturated rings. The molecule has 122 valence electrons. The van der Waals surface area contributed by atoms with Gasteiger partial charge in [0.05, 0.1) is 11.1 Å². The van der Waals surface area contributed by atoms with Crippen LogP contribution in [0.5, 0.6) is 0 Å². The Morgan fingerprint density at radius 2 is 1.57 bits per heavy atom. The number of alkyl halides is 3. The van der Waals surface area contributed by atoms with E-state index in [1.807, 2.05) is 0 Å². The van der Waals surface area contributed by atoms with Crippen LogP contribution in [0, 0.1) is 13.8 Å². The van der Waals surface area contributed by atoms with Crippen molar-refractivity contribution in [2.45, 2.75) is 20.0 Å². The van der Waals surface area contributed by atoms with E-state index in [0.29, 0.717) is 11.5 Å². The van der Waals surface area contributed by atoms with E-state index in [1.54, 1.807) is 13.8 Å². The van der Waals surface area contributed by atoms with E-state index in [-0.39, 0.29) is 11.1 Å². The lowest BCUT2D eigenvalue weighted by atomic mass is 10.1. The zero-order valence-corrected chi connectivity index (χ0v) is 12.2. The van der Waals surface area contributed by atoms with Crippen LogP contribution in [-0.2, 0) is 6.18 Å². The van der Waals surface area contributed by atoms with Gasteiger partial charge in [-0.1, -0.05) is 0 Å². The van der Waals surface area contributed by atoms with E-state index in [2.05, 4.69) is 10.9 Å². The molecule has 0 unspecified atom stereocenters. The smallest absolute Gasteiger partial charge is 0.416 e. The Bertz CT molecular complexity index is 733. The van der Waals surface area contributed by atoms with E-state index >= 15 is 0 Å². The molecule has 1 aromatic heterocycles. The number of carbonyl (C=O) groups is 2. The second-order valence-electron chi connectivity index (χ2n) is 4.81. The van der Waals surface area contributed by atoms with Crippen molar-refractivity contribution >= 4 is 11.8 Å². The van der Waals surface area contributed by atoms with Gasteiger partial charge in [-0.2, -0.15) is 13.2 Å². The molecule has 0 aliphatic carbocycles. The second-order valence-corrected chi connectivity index (χ2v) is 4.81. The molecule has 2 amide bonds. The third kappa shape index (κ3) is 3.91. The number of benzene rings is 1. The van der Waals surface area contributed by atoms with Crippen molar-refractivity contribution < 1.29 is 27.2 Å². The maximum Gasteiger partial charge on any atom is 0.416 e. The van der Waals surface area contributed by atoms with Crippen LogP contribution >= 0.6 is 0 Å². The van der Waals surface area contributed by atoms with E-state index in [4.69, 9.17) is 4.42 Å². The van der Waals surface area contributed by atoms with Gasteiger partial charge in [0.2, 0.25) is 0 Å². The molecule has 0 radical (unpaired) electrons. The monoisotopic (exact) mass is 326 g/mol. The van der Waals surface area contributed by atoms with Gasteiger partial charge in [0.15, 0.2) is 0 Å². The lowest BCUT2D eigenvalue weighted by Crippen LogP contribution is -2.41. The quantitative estimate of drug-likeness (QED) is 0.834. The van der Waals surface area contributed by atoms with Crippen molar-refractivity contribution in [3.8, 4) is 0 Å². The highest BCUT2D eigenvalue weighted by atomic mass is 19.4. The molecule has 8 heteroatoms. The summed E-state index contributed by atoms with van der Waals surface area (Å²) in [6.45, 7) is 3.27. The van der Waals surface area contributed by atoms with Crippen LogP contribution in [0.4, 0.5) is 13.2 Å². The fourth-order valence-electron chi connectivity index (χ4n) is 1.92. The van der Waals surface area contributed by atoms with Crippen molar-refractivity contribution in [2.75, 3.05) is 0 Å². The molecule has 2 rings (SSSR count). The zero-order valence-electron chi connectivity index (χ0n) is 12.2. The molecular formula is C15H13F3N2O3. The highest BCUT2D eigenvalue weighted by Gasteiger charge is 2.30. The summed E-state index contributed by atoms with van der Waals surface area (Å²) < 4.78 is 42.5. The summed E-state index contributed by atoms with van der Waals surface area (Å²) >= 11 is 0. The number of nitrogens with one attached hydrogen (secondary N) is 2. The number of rotatable bonds is 2. The first kappa shape index (κ1) is 16.6. The maximum absolute atomic E-state index is 12.4. The van der Waals surface area contributed by atoms with Gasteiger partial charge in [0.1, 0.15) is 11.5 Å². The van der Waals surface area contributed by atoms with E-state index < -0.39 is 23.6 Å². The molecule has 1 aromatic carbocycles. The SMILES string of the molecule is Cc1cc(C(=O)NNC(=O)c2ccc(C(F)(F)F)cc2)c(C)o1. The minimum Gasteiger partial charge on any atom is -0.466 e. The largest absolute Gasteiger partial charge is 0.466 e.